The summed E-state index contributed by atoms with van der Waals surface area (Å²) < 4.78 is 9.48. The summed E-state index contributed by atoms with van der Waals surface area (Å²) in [6.45, 7) is 1.48. The van der Waals surface area contributed by atoms with Gasteiger partial charge in [-0.05, 0) is 0 Å². The Bertz CT molecular complexity index is 27.2. The van der Waals surface area contributed by atoms with Crippen molar-refractivity contribution in [3.05, 3.63) is 0 Å². The summed E-state index contributed by atoms with van der Waals surface area (Å²) in [5, 5.41) is 0. The molecule has 0 spiro atoms. The van der Waals surface area contributed by atoms with Crippen molar-refractivity contribution in [1.82, 2.24) is 0 Å². The summed E-state index contributed by atoms with van der Waals surface area (Å²) in [4.78, 5) is 0. The molecule has 0 aromatic carbocycles. The zero-order chi connectivity index (χ0) is 4.83. The van der Waals surface area contributed by atoms with E-state index in [1.807, 2.05) is 0 Å². The van der Waals surface area contributed by atoms with Crippen molar-refractivity contribution >= 4 is 16.6 Å². The van der Waals surface area contributed by atoms with E-state index in [0.717, 1.165) is 29.8 Å². The first-order chi connectivity index (χ1) is 2.91. The molecule has 0 atom stereocenters. The maximum atomic E-state index is 4.80. The summed E-state index contributed by atoms with van der Waals surface area (Å²) in [6, 6.07) is 0. The van der Waals surface area contributed by atoms with Gasteiger partial charge in [0.05, 0.1) is 6.61 Å². The summed E-state index contributed by atoms with van der Waals surface area (Å²) in [5.74, 6) is 0. The molecule has 0 fully saturated rings. The monoisotopic (exact) mass is 106 g/mol. The van der Waals surface area contributed by atoms with E-state index in [0.29, 0.717) is 0 Å². The van der Waals surface area contributed by atoms with Crippen LogP contribution in [-0.2, 0) is 8.53 Å². The maximum absolute atomic E-state index is 4.80. The van der Waals surface area contributed by atoms with Gasteiger partial charge in [-0.3, -0.25) is 0 Å². The van der Waals surface area contributed by atoms with Gasteiger partial charge in [0.2, 0.25) is 0 Å². The van der Waals surface area contributed by atoms with Gasteiger partial charge >= 0.3 is 19.5 Å². The molecule has 2 nitrogen and oxygen atoms in total. The minimum Gasteiger partial charge on any atom is -0.504 e. The Morgan fingerprint density at radius 3 is 2.50 bits per heavy atom. The van der Waals surface area contributed by atoms with E-state index >= 15 is 0 Å². The lowest BCUT2D eigenvalue weighted by Crippen LogP contribution is -1.97. The number of hydrogen-bond acceptors (Lipinski definition) is 2. The molecule has 6 heavy (non-hydrogen) atoms. The normalized spacial score (nSPS) is 8.83. The van der Waals surface area contributed by atoms with E-state index in [9.17, 15) is 0 Å². The van der Waals surface area contributed by atoms with Crippen LogP contribution in [0.5, 0.6) is 0 Å². The van der Waals surface area contributed by atoms with Gasteiger partial charge in [-0.2, -0.15) is 0 Å². The molecule has 0 saturated heterocycles. The van der Waals surface area contributed by atoms with Crippen molar-refractivity contribution in [2.24, 2.45) is 0 Å². The van der Waals surface area contributed by atoms with Gasteiger partial charge < -0.3 is 8.53 Å². The van der Waals surface area contributed by atoms with Crippen LogP contribution in [0.4, 0.5) is 0 Å². The van der Waals surface area contributed by atoms with Crippen molar-refractivity contribution in [3.63, 3.8) is 0 Å². The third kappa shape index (κ3) is 4.45. The van der Waals surface area contributed by atoms with Crippen molar-refractivity contribution in [3.8, 4) is 0 Å². The van der Waals surface area contributed by atoms with E-state index in [1.165, 1.54) is 0 Å². The third-order valence-corrected chi connectivity index (χ3v) is 0.900. The zero-order valence-electron chi connectivity index (χ0n) is 6.23. The average molecular weight is 106 g/mol. The van der Waals surface area contributed by atoms with Gasteiger partial charge in [0.25, 0.3) is 0 Å². The van der Waals surface area contributed by atoms with E-state index in [4.69, 9.17) is 3.79 Å². The Kier molecular flexibility index (Phi) is 5.86. The van der Waals surface area contributed by atoms with Gasteiger partial charge in [-0.15, -0.1) is 0 Å². The predicted molar refractivity (Wildman–Crippen MR) is 28.6 cm³/mol. The van der Waals surface area contributed by atoms with Gasteiger partial charge in [-0.25, -0.2) is 0 Å². The highest BCUT2D eigenvalue weighted by Crippen LogP contribution is 1.64. The first-order valence-electron chi connectivity index (χ1n) is 1.89. The first-order valence-corrected chi connectivity index (χ1v) is 2.71. The Labute approximate surface area is 49.2 Å². The molecular weight excluding hydrogens is 95.0 g/mol. The Balaban J connectivity index is -0.000000125. The summed E-state index contributed by atoms with van der Waals surface area (Å²) in [7, 11) is 1.67. The molecule has 0 aromatic rings. The van der Waals surface area contributed by atoms with Crippen LogP contribution in [0.2, 0.25) is 0 Å². The fourth-order valence-corrected chi connectivity index (χ4v) is 0.333. The Morgan fingerprint density at radius 2 is 2.33 bits per heavy atom. The molecule has 36 valence electrons. The largest absolute Gasteiger partial charge is 1.00 e. The Morgan fingerprint density at radius 1 is 1.67 bits per heavy atom. The highest BCUT2D eigenvalue weighted by Gasteiger charge is 1.73. The van der Waals surface area contributed by atoms with Crippen LogP contribution in [0, 0.1) is 0 Å². The number of hydrogen-bond donors (Lipinski definition) is 0. The third-order valence-electron chi connectivity index (χ3n) is 0.492. The van der Waals surface area contributed by atoms with Crippen molar-refractivity contribution in [2.45, 2.75) is 0 Å². The number of rotatable bonds is 3. The Hall–Kier alpha value is 0.452. The fraction of sp³-hybridized carbons (Fsp3) is 1.00. The van der Waals surface area contributed by atoms with E-state index in [2.05, 4.69) is 4.74 Å². The molecule has 0 amide bonds. The molecule has 0 aliphatic rings. The molecule has 0 bridgehead atoms. The highest BCUT2D eigenvalue weighted by atomic mass is 27.1. The van der Waals surface area contributed by atoms with Crippen LogP contribution >= 0.6 is 0 Å². The molecule has 0 aromatic heterocycles. The van der Waals surface area contributed by atoms with Crippen LogP contribution in [0.1, 0.15) is 2.85 Å². The lowest BCUT2D eigenvalue weighted by atomic mass is 10.8. The molecular formula is C3H11AlO2+2. The second kappa shape index (κ2) is 5.45. The van der Waals surface area contributed by atoms with Crippen LogP contribution < -0.4 is 0 Å². The smallest absolute Gasteiger partial charge is 0.504 e. The molecule has 0 unspecified atom stereocenters. The molecule has 0 aliphatic carbocycles. The average Bonchev–Trinajstić information content (AvgIpc) is 1.61. The van der Waals surface area contributed by atoms with E-state index in [-0.39, 0.29) is 2.85 Å². The first kappa shape index (κ1) is 6.45. The second-order valence-electron chi connectivity index (χ2n) is 0.986. The predicted octanol–water partition coefficient (Wildman–Crippen LogP) is -0.577. The minimum absolute atomic E-state index is 0. The number of methoxy groups -OCH3 is 1. The quantitative estimate of drug-likeness (QED) is 0.354. The highest BCUT2D eigenvalue weighted by molar-refractivity contribution is 5.97. The molecule has 3 heteroatoms. The van der Waals surface area contributed by atoms with Gasteiger partial charge in [0, 0.05) is 13.7 Å². The minimum atomic E-state index is 0. The second-order valence-corrected chi connectivity index (χ2v) is 1.56. The molecule has 0 saturated carbocycles. The van der Waals surface area contributed by atoms with Crippen LogP contribution in [0.25, 0.3) is 0 Å². The molecule has 0 rings (SSSR count). The topological polar surface area (TPSA) is 18.5 Å². The summed E-state index contributed by atoms with van der Waals surface area (Å²) >= 11 is 0.823. The summed E-state index contributed by atoms with van der Waals surface area (Å²) in [5.41, 5.74) is 0. The van der Waals surface area contributed by atoms with Gasteiger partial charge in [0.1, 0.15) is 0 Å². The number of ether oxygens (including phenoxy) is 1. The van der Waals surface area contributed by atoms with Crippen molar-refractivity contribution < 1.29 is 11.4 Å². The molecule has 0 N–H and O–H groups in total. The van der Waals surface area contributed by atoms with E-state index in [1.54, 1.807) is 7.11 Å². The van der Waals surface area contributed by atoms with E-state index < -0.39 is 0 Å². The van der Waals surface area contributed by atoms with Crippen LogP contribution in [0.3, 0.4) is 0 Å². The van der Waals surface area contributed by atoms with Crippen molar-refractivity contribution in [2.75, 3.05) is 20.3 Å². The molecule has 0 aliphatic heterocycles. The fourth-order valence-electron chi connectivity index (χ4n) is 0.167. The standard InChI is InChI=1S/C3H7O2.Al.2H/c1-5-3-2-4;;;/h2-3H2,1H3;;;/q-1;+1;;/p+2. The zero-order valence-corrected chi connectivity index (χ0v) is 6.23. The lowest BCUT2D eigenvalue weighted by molar-refractivity contribution is 0.152. The summed E-state index contributed by atoms with van der Waals surface area (Å²) in [6.07, 6.45) is 0. The van der Waals surface area contributed by atoms with Crippen LogP contribution in [-0.4, -0.2) is 36.9 Å². The van der Waals surface area contributed by atoms with Gasteiger partial charge in [0.15, 0.2) is 0 Å². The SMILES string of the molecule is COCC[O][AlH2].[H+].[H+]. The molecule has 0 radical (unpaired) electrons. The van der Waals surface area contributed by atoms with Crippen LogP contribution in [0.15, 0.2) is 0 Å². The lowest BCUT2D eigenvalue weighted by Gasteiger charge is -1.93. The molecule has 0 heterocycles. The van der Waals surface area contributed by atoms with Crippen molar-refractivity contribution in [1.29, 1.82) is 0 Å². The van der Waals surface area contributed by atoms with Gasteiger partial charge in [-0.1, -0.05) is 0 Å². The maximum Gasteiger partial charge on any atom is 1.00 e.